The molecule has 3 aromatic rings. The van der Waals surface area contributed by atoms with E-state index in [4.69, 9.17) is 4.74 Å². The number of nitrogens with one attached hydrogen (secondary N) is 2. The highest BCUT2D eigenvalue weighted by Gasteiger charge is 2.07. The normalized spacial score (nSPS) is 10.2. The molecule has 0 saturated heterocycles. The van der Waals surface area contributed by atoms with E-state index < -0.39 is 0 Å². The molecule has 0 atom stereocenters. The minimum Gasteiger partial charge on any atom is -0.484 e. The van der Waals surface area contributed by atoms with E-state index in [1.54, 1.807) is 42.5 Å². The highest BCUT2D eigenvalue weighted by Crippen LogP contribution is 2.18. The predicted molar refractivity (Wildman–Crippen MR) is 107 cm³/mol. The average molecular weight is 431 g/mol. The summed E-state index contributed by atoms with van der Waals surface area (Å²) in [7, 11) is 0. The first kappa shape index (κ1) is 18.2. The molecule has 3 rings (SSSR count). The molecule has 0 bridgehead atoms. The maximum absolute atomic E-state index is 12.0. The maximum Gasteiger partial charge on any atom is 0.265 e. The van der Waals surface area contributed by atoms with Gasteiger partial charge in [0.2, 0.25) is 0 Å². The second-order valence-electron chi connectivity index (χ2n) is 5.30. The lowest BCUT2D eigenvalue weighted by Gasteiger charge is -2.09. The van der Waals surface area contributed by atoms with E-state index >= 15 is 0 Å². The summed E-state index contributed by atoms with van der Waals surface area (Å²) in [5.74, 6) is 0.206. The van der Waals surface area contributed by atoms with Gasteiger partial charge in [0, 0.05) is 15.8 Å². The van der Waals surface area contributed by atoms with E-state index in [9.17, 15) is 9.59 Å². The van der Waals surface area contributed by atoms with Crippen LogP contribution in [-0.4, -0.2) is 18.4 Å². The van der Waals surface area contributed by atoms with Crippen molar-refractivity contribution in [2.75, 3.05) is 17.2 Å². The fourth-order valence-corrected chi connectivity index (χ4v) is 3.00. The van der Waals surface area contributed by atoms with Crippen molar-refractivity contribution >= 4 is 50.5 Å². The molecule has 0 fully saturated rings. The largest absolute Gasteiger partial charge is 0.484 e. The Balaban J connectivity index is 1.49. The van der Waals surface area contributed by atoms with E-state index in [2.05, 4.69) is 26.6 Å². The van der Waals surface area contributed by atoms with Crippen molar-refractivity contribution in [3.8, 4) is 5.75 Å². The Labute approximate surface area is 163 Å². The lowest BCUT2D eigenvalue weighted by Crippen LogP contribution is -2.20. The number of hydrogen-bond acceptors (Lipinski definition) is 4. The van der Waals surface area contributed by atoms with Gasteiger partial charge in [-0.25, -0.2) is 0 Å². The van der Waals surface area contributed by atoms with Gasteiger partial charge in [0.1, 0.15) is 5.75 Å². The summed E-state index contributed by atoms with van der Waals surface area (Å²) in [4.78, 5) is 24.6. The molecule has 0 unspecified atom stereocenters. The monoisotopic (exact) mass is 430 g/mol. The molecular weight excluding hydrogens is 416 g/mol. The number of benzene rings is 2. The Morgan fingerprint density at radius 2 is 1.58 bits per heavy atom. The van der Waals surface area contributed by atoms with Gasteiger partial charge in [0.25, 0.3) is 11.8 Å². The molecule has 0 radical (unpaired) electrons. The molecule has 7 heteroatoms. The van der Waals surface area contributed by atoms with Crippen LogP contribution >= 0.6 is 27.3 Å². The van der Waals surface area contributed by atoms with Crippen molar-refractivity contribution in [1.82, 2.24) is 0 Å². The van der Waals surface area contributed by atoms with Gasteiger partial charge in [0.05, 0.1) is 4.88 Å². The van der Waals surface area contributed by atoms with E-state index in [0.29, 0.717) is 22.0 Å². The summed E-state index contributed by atoms with van der Waals surface area (Å²) in [6.45, 7) is -0.0848. The quantitative estimate of drug-likeness (QED) is 0.590. The molecule has 26 heavy (non-hydrogen) atoms. The number of thiophene rings is 1. The molecule has 0 aliphatic heterocycles. The van der Waals surface area contributed by atoms with Gasteiger partial charge in [-0.2, -0.15) is 0 Å². The summed E-state index contributed by atoms with van der Waals surface area (Å²) >= 11 is 4.72. The molecule has 5 nitrogen and oxygen atoms in total. The Kier molecular flexibility index (Phi) is 6.04. The van der Waals surface area contributed by atoms with Crippen molar-refractivity contribution in [2.24, 2.45) is 0 Å². The van der Waals surface area contributed by atoms with Crippen LogP contribution in [0, 0.1) is 0 Å². The smallest absolute Gasteiger partial charge is 0.265 e. The molecule has 2 aromatic carbocycles. The number of hydrogen-bond donors (Lipinski definition) is 2. The number of carbonyl (C=O) groups excluding carboxylic acids is 2. The van der Waals surface area contributed by atoms with Crippen LogP contribution < -0.4 is 15.4 Å². The lowest BCUT2D eigenvalue weighted by molar-refractivity contribution is -0.118. The molecule has 132 valence electrons. The van der Waals surface area contributed by atoms with Gasteiger partial charge >= 0.3 is 0 Å². The highest BCUT2D eigenvalue weighted by atomic mass is 79.9. The van der Waals surface area contributed by atoms with Gasteiger partial charge in [-0.15, -0.1) is 11.3 Å². The van der Waals surface area contributed by atoms with Crippen molar-refractivity contribution in [2.45, 2.75) is 0 Å². The molecule has 0 aliphatic rings. The van der Waals surface area contributed by atoms with Crippen LogP contribution in [0.1, 0.15) is 9.67 Å². The minimum absolute atomic E-state index is 0.0848. The number of rotatable bonds is 6. The zero-order valence-corrected chi connectivity index (χ0v) is 16.0. The Bertz CT molecular complexity index is 878. The zero-order valence-electron chi connectivity index (χ0n) is 13.6. The first-order valence-electron chi connectivity index (χ1n) is 7.73. The van der Waals surface area contributed by atoms with Gasteiger partial charge < -0.3 is 15.4 Å². The first-order valence-corrected chi connectivity index (χ1v) is 9.40. The third kappa shape index (κ3) is 5.18. The topological polar surface area (TPSA) is 67.4 Å². The molecule has 2 N–H and O–H groups in total. The summed E-state index contributed by atoms with van der Waals surface area (Å²) in [6, 6.07) is 17.8. The number of carbonyl (C=O) groups is 2. The molecule has 1 heterocycles. The summed E-state index contributed by atoms with van der Waals surface area (Å²) in [6.07, 6.45) is 0. The van der Waals surface area contributed by atoms with Crippen LogP contribution in [-0.2, 0) is 4.79 Å². The summed E-state index contributed by atoms with van der Waals surface area (Å²) < 4.78 is 6.37. The van der Waals surface area contributed by atoms with Gasteiger partial charge in [-0.1, -0.05) is 22.0 Å². The molecule has 0 saturated carbocycles. The SMILES string of the molecule is O=C(COc1ccc(Br)cc1)Nc1ccc(NC(=O)c2cccs2)cc1. The Morgan fingerprint density at radius 1 is 0.923 bits per heavy atom. The first-order chi connectivity index (χ1) is 12.6. The summed E-state index contributed by atoms with van der Waals surface area (Å²) in [5, 5.41) is 7.41. The van der Waals surface area contributed by atoms with Crippen molar-refractivity contribution < 1.29 is 14.3 Å². The fourth-order valence-electron chi connectivity index (χ4n) is 2.11. The van der Waals surface area contributed by atoms with Crippen molar-refractivity contribution in [3.05, 3.63) is 75.4 Å². The van der Waals surface area contributed by atoms with Crippen LogP contribution in [0.25, 0.3) is 0 Å². The average Bonchev–Trinajstić information content (AvgIpc) is 3.18. The number of halogens is 1. The standard InChI is InChI=1S/C19H15BrN2O3S/c20-13-3-9-16(10-4-13)25-12-18(23)21-14-5-7-15(8-6-14)22-19(24)17-2-1-11-26-17/h1-11H,12H2,(H,21,23)(H,22,24). The van der Waals surface area contributed by atoms with Crippen LogP contribution in [0.4, 0.5) is 11.4 Å². The van der Waals surface area contributed by atoms with Crippen molar-refractivity contribution in [1.29, 1.82) is 0 Å². The summed E-state index contributed by atoms with van der Waals surface area (Å²) in [5.41, 5.74) is 1.29. The maximum atomic E-state index is 12.0. The molecule has 2 amide bonds. The van der Waals surface area contributed by atoms with E-state index in [1.165, 1.54) is 11.3 Å². The molecule has 1 aromatic heterocycles. The second kappa shape index (κ2) is 8.64. The van der Waals surface area contributed by atoms with Gasteiger partial charge in [-0.3, -0.25) is 9.59 Å². The second-order valence-corrected chi connectivity index (χ2v) is 7.16. The molecule has 0 aliphatic carbocycles. The van der Waals surface area contributed by atoms with E-state index in [0.717, 1.165) is 4.47 Å². The zero-order chi connectivity index (χ0) is 18.4. The van der Waals surface area contributed by atoms with Crippen LogP contribution in [0.5, 0.6) is 5.75 Å². The molecule has 0 spiro atoms. The van der Waals surface area contributed by atoms with Crippen LogP contribution in [0.15, 0.2) is 70.5 Å². The van der Waals surface area contributed by atoms with Crippen molar-refractivity contribution in [3.63, 3.8) is 0 Å². The molecular formula is C19H15BrN2O3S. The van der Waals surface area contributed by atoms with Gasteiger partial charge in [0.15, 0.2) is 6.61 Å². The van der Waals surface area contributed by atoms with Crippen LogP contribution in [0.3, 0.4) is 0 Å². The number of anilines is 2. The highest BCUT2D eigenvalue weighted by molar-refractivity contribution is 9.10. The number of amides is 2. The van der Waals surface area contributed by atoms with E-state index in [1.807, 2.05) is 23.6 Å². The van der Waals surface area contributed by atoms with Gasteiger partial charge in [-0.05, 0) is 60.0 Å². The Morgan fingerprint density at radius 3 is 2.19 bits per heavy atom. The lowest BCUT2D eigenvalue weighted by atomic mass is 10.2. The van der Waals surface area contributed by atoms with E-state index in [-0.39, 0.29) is 18.4 Å². The number of ether oxygens (including phenoxy) is 1. The third-order valence-corrected chi connectivity index (χ3v) is 4.75. The predicted octanol–water partition coefficient (Wildman–Crippen LogP) is 4.78. The Hall–Kier alpha value is -2.64. The fraction of sp³-hybridized carbons (Fsp3) is 0.0526. The van der Waals surface area contributed by atoms with Crippen LogP contribution in [0.2, 0.25) is 0 Å². The third-order valence-electron chi connectivity index (χ3n) is 3.36. The minimum atomic E-state index is -0.261.